The maximum Gasteiger partial charge on any atom is 0.227 e. The van der Waals surface area contributed by atoms with E-state index in [0.717, 1.165) is 10.2 Å². The summed E-state index contributed by atoms with van der Waals surface area (Å²) in [5.74, 6) is 0.825. The van der Waals surface area contributed by atoms with E-state index in [1.165, 1.54) is 12.5 Å². The van der Waals surface area contributed by atoms with E-state index in [2.05, 4.69) is 40.4 Å². The first-order chi connectivity index (χ1) is 12.3. The van der Waals surface area contributed by atoms with E-state index in [1.54, 1.807) is 18.2 Å². The van der Waals surface area contributed by atoms with Crippen LogP contribution < -0.4 is 15.4 Å². The molecular formula is C20H23BrN2O3. The van der Waals surface area contributed by atoms with Crippen molar-refractivity contribution in [2.75, 3.05) is 17.2 Å². The molecule has 26 heavy (non-hydrogen) atoms. The molecule has 2 N–H and O–H groups in total. The maximum absolute atomic E-state index is 12.2. The van der Waals surface area contributed by atoms with Gasteiger partial charge in [0.25, 0.3) is 0 Å². The van der Waals surface area contributed by atoms with Crippen LogP contribution in [0.5, 0.6) is 5.75 Å². The summed E-state index contributed by atoms with van der Waals surface area (Å²) in [4.78, 5) is 23.5. The van der Waals surface area contributed by atoms with Crippen LogP contribution in [0.2, 0.25) is 0 Å². The van der Waals surface area contributed by atoms with Crippen molar-refractivity contribution < 1.29 is 14.3 Å². The van der Waals surface area contributed by atoms with Gasteiger partial charge in [-0.05, 0) is 41.8 Å². The number of halogens is 1. The quantitative estimate of drug-likeness (QED) is 0.668. The molecular weight excluding hydrogens is 396 g/mol. The maximum atomic E-state index is 12.2. The van der Waals surface area contributed by atoms with E-state index in [1.807, 2.05) is 24.3 Å². The minimum atomic E-state index is -0.198. The number of anilines is 2. The van der Waals surface area contributed by atoms with Gasteiger partial charge in [-0.1, -0.05) is 41.9 Å². The number of hydrogen-bond acceptors (Lipinski definition) is 3. The molecule has 0 saturated heterocycles. The number of rotatable bonds is 7. The zero-order chi connectivity index (χ0) is 19.1. The second-order valence-electron chi connectivity index (χ2n) is 6.24. The standard InChI is InChI=1S/C20H23BrN2O3/c1-13(2)15-4-7-17(8-5-15)26-11-10-20(25)23-19-12-16(21)6-9-18(19)22-14(3)24/h4-9,12-13H,10-11H2,1-3H3,(H,22,24)(H,23,25). The van der Waals surface area contributed by atoms with Gasteiger partial charge in [0.1, 0.15) is 5.75 Å². The van der Waals surface area contributed by atoms with Gasteiger partial charge < -0.3 is 15.4 Å². The predicted molar refractivity (Wildman–Crippen MR) is 108 cm³/mol. The van der Waals surface area contributed by atoms with Crippen LogP contribution >= 0.6 is 15.9 Å². The lowest BCUT2D eigenvalue weighted by Crippen LogP contribution is -2.17. The molecule has 0 saturated carbocycles. The largest absolute Gasteiger partial charge is 0.493 e. The lowest BCUT2D eigenvalue weighted by molar-refractivity contribution is -0.117. The van der Waals surface area contributed by atoms with E-state index >= 15 is 0 Å². The number of nitrogens with one attached hydrogen (secondary N) is 2. The Hall–Kier alpha value is -2.34. The molecule has 0 aromatic heterocycles. The molecule has 0 radical (unpaired) electrons. The zero-order valence-electron chi connectivity index (χ0n) is 15.1. The van der Waals surface area contributed by atoms with Crippen LogP contribution in [0.1, 0.15) is 38.7 Å². The van der Waals surface area contributed by atoms with Crippen LogP contribution in [0.4, 0.5) is 11.4 Å². The van der Waals surface area contributed by atoms with Gasteiger partial charge in [-0.15, -0.1) is 0 Å². The smallest absolute Gasteiger partial charge is 0.227 e. The van der Waals surface area contributed by atoms with Crippen molar-refractivity contribution in [2.24, 2.45) is 0 Å². The van der Waals surface area contributed by atoms with Crippen LogP contribution in [0.15, 0.2) is 46.9 Å². The number of amides is 2. The highest BCUT2D eigenvalue weighted by Gasteiger charge is 2.09. The van der Waals surface area contributed by atoms with Gasteiger partial charge in [0.2, 0.25) is 11.8 Å². The van der Waals surface area contributed by atoms with Crippen LogP contribution in [0.25, 0.3) is 0 Å². The molecule has 0 heterocycles. The SMILES string of the molecule is CC(=O)Nc1ccc(Br)cc1NC(=O)CCOc1ccc(C(C)C)cc1. The van der Waals surface area contributed by atoms with Crippen molar-refractivity contribution >= 4 is 39.1 Å². The van der Waals surface area contributed by atoms with Crippen molar-refractivity contribution in [2.45, 2.75) is 33.1 Å². The molecule has 2 rings (SSSR count). The van der Waals surface area contributed by atoms with Gasteiger partial charge in [-0.3, -0.25) is 9.59 Å². The molecule has 2 aromatic rings. The molecule has 5 nitrogen and oxygen atoms in total. The molecule has 0 aliphatic heterocycles. The number of carbonyl (C=O) groups is 2. The number of carbonyl (C=O) groups excluding carboxylic acids is 2. The molecule has 0 bridgehead atoms. The number of hydrogen-bond donors (Lipinski definition) is 2. The van der Waals surface area contributed by atoms with Crippen molar-refractivity contribution in [3.8, 4) is 5.75 Å². The first-order valence-corrected chi connectivity index (χ1v) is 9.24. The fourth-order valence-corrected chi connectivity index (χ4v) is 2.70. The summed E-state index contributed by atoms with van der Waals surface area (Å²) in [5, 5.41) is 5.50. The van der Waals surface area contributed by atoms with E-state index in [0.29, 0.717) is 17.3 Å². The molecule has 6 heteroatoms. The van der Waals surface area contributed by atoms with Crippen molar-refractivity contribution in [1.29, 1.82) is 0 Å². The molecule has 0 unspecified atom stereocenters. The van der Waals surface area contributed by atoms with E-state index in [9.17, 15) is 9.59 Å². The Bertz CT molecular complexity index is 773. The minimum absolute atomic E-state index is 0.187. The highest BCUT2D eigenvalue weighted by atomic mass is 79.9. The highest BCUT2D eigenvalue weighted by Crippen LogP contribution is 2.26. The highest BCUT2D eigenvalue weighted by molar-refractivity contribution is 9.10. The fraction of sp³-hybridized carbons (Fsp3) is 0.300. The number of benzene rings is 2. The normalized spacial score (nSPS) is 10.5. The van der Waals surface area contributed by atoms with Crippen molar-refractivity contribution in [3.05, 3.63) is 52.5 Å². The molecule has 138 valence electrons. The van der Waals surface area contributed by atoms with Gasteiger partial charge >= 0.3 is 0 Å². The molecule has 2 amide bonds. The first kappa shape index (κ1) is 20.0. The summed E-state index contributed by atoms with van der Waals surface area (Å²) in [6.45, 7) is 5.97. The third kappa shape index (κ3) is 6.19. The Kier molecular flexibility index (Phi) is 7.21. The Labute approximate surface area is 162 Å². The van der Waals surface area contributed by atoms with Gasteiger partial charge in [0.05, 0.1) is 24.4 Å². The summed E-state index contributed by atoms with van der Waals surface area (Å²) in [7, 11) is 0. The zero-order valence-corrected chi connectivity index (χ0v) is 16.7. The second-order valence-corrected chi connectivity index (χ2v) is 7.16. The monoisotopic (exact) mass is 418 g/mol. The first-order valence-electron chi connectivity index (χ1n) is 8.45. The summed E-state index contributed by atoms with van der Waals surface area (Å²) < 4.78 is 6.44. The summed E-state index contributed by atoms with van der Waals surface area (Å²) in [6, 6.07) is 13.2. The molecule has 0 aliphatic carbocycles. The van der Waals surface area contributed by atoms with Crippen LogP contribution in [-0.4, -0.2) is 18.4 Å². The summed E-state index contributed by atoms with van der Waals surface area (Å²) in [5.41, 5.74) is 2.34. The molecule has 0 fully saturated rings. The Morgan fingerprint density at radius 1 is 1.04 bits per heavy atom. The minimum Gasteiger partial charge on any atom is -0.493 e. The van der Waals surface area contributed by atoms with Crippen molar-refractivity contribution in [3.63, 3.8) is 0 Å². The third-order valence-electron chi connectivity index (χ3n) is 3.71. The van der Waals surface area contributed by atoms with Crippen LogP contribution in [0, 0.1) is 0 Å². The lowest BCUT2D eigenvalue weighted by Gasteiger charge is -2.12. The average molecular weight is 419 g/mol. The summed E-state index contributed by atoms with van der Waals surface area (Å²) in [6.07, 6.45) is 0.206. The van der Waals surface area contributed by atoms with Gasteiger partial charge in [0, 0.05) is 11.4 Å². The molecule has 2 aromatic carbocycles. The predicted octanol–water partition coefficient (Wildman–Crippen LogP) is 4.94. The third-order valence-corrected chi connectivity index (χ3v) is 4.20. The molecule has 0 aliphatic rings. The second kappa shape index (κ2) is 9.38. The van der Waals surface area contributed by atoms with E-state index in [-0.39, 0.29) is 24.8 Å². The Balaban J connectivity index is 1.89. The molecule has 0 atom stereocenters. The Morgan fingerprint density at radius 2 is 1.73 bits per heavy atom. The van der Waals surface area contributed by atoms with E-state index < -0.39 is 0 Å². The topological polar surface area (TPSA) is 67.4 Å². The van der Waals surface area contributed by atoms with Gasteiger partial charge in [-0.25, -0.2) is 0 Å². The molecule has 0 spiro atoms. The average Bonchev–Trinajstić information content (AvgIpc) is 2.57. The van der Waals surface area contributed by atoms with Crippen LogP contribution in [0.3, 0.4) is 0 Å². The van der Waals surface area contributed by atoms with E-state index in [4.69, 9.17) is 4.74 Å². The van der Waals surface area contributed by atoms with Gasteiger partial charge in [0.15, 0.2) is 0 Å². The fourth-order valence-electron chi connectivity index (χ4n) is 2.34. The van der Waals surface area contributed by atoms with Crippen LogP contribution in [-0.2, 0) is 9.59 Å². The van der Waals surface area contributed by atoms with Crippen molar-refractivity contribution in [1.82, 2.24) is 0 Å². The summed E-state index contributed by atoms with van der Waals surface area (Å²) >= 11 is 3.36. The van der Waals surface area contributed by atoms with Gasteiger partial charge in [-0.2, -0.15) is 0 Å². The number of ether oxygens (including phenoxy) is 1. The lowest BCUT2D eigenvalue weighted by atomic mass is 10.0. The Morgan fingerprint density at radius 3 is 2.35 bits per heavy atom.